The third-order valence-corrected chi connectivity index (χ3v) is 15.5. The molecule has 0 rings (SSSR count). The van der Waals surface area contributed by atoms with E-state index >= 15 is 0 Å². The summed E-state index contributed by atoms with van der Waals surface area (Å²) in [6.45, 7) is 4.16. The van der Waals surface area contributed by atoms with Gasteiger partial charge in [-0.15, -0.1) is 0 Å². The Morgan fingerprint density at radius 1 is 0.410 bits per heavy atom. The number of hydrogen-bond donors (Lipinski definition) is 0. The Morgan fingerprint density at radius 3 is 1.10 bits per heavy atom. The van der Waals surface area contributed by atoms with Gasteiger partial charge in [-0.05, 0) is 77.0 Å². The van der Waals surface area contributed by atoms with Crippen LogP contribution in [0, 0.1) is 0 Å². The molecule has 0 saturated carbocycles. The van der Waals surface area contributed by atoms with Gasteiger partial charge in [0.2, 0.25) is 0 Å². The maximum absolute atomic E-state index is 12.8. The van der Waals surface area contributed by atoms with Crippen LogP contribution in [0.1, 0.15) is 309 Å². The second-order valence-electron chi connectivity index (χ2n) is 23.5. The minimum atomic E-state index is -4.64. The molecule has 0 amide bonds. The van der Waals surface area contributed by atoms with E-state index in [1.807, 2.05) is 21.1 Å². The van der Waals surface area contributed by atoms with Crippen molar-refractivity contribution in [3.63, 3.8) is 0 Å². The predicted molar refractivity (Wildman–Crippen MR) is 333 cm³/mol. The number of unbranched alkanes of at least 4 members (excludes halogenated alkanes) is 37. The molecule has 0 aromatic rings. The molecular formula is C68H126NO8P. The van der Waals surface area contributed by atoms with Crippen LogP contribution in [0.3, 0.4) is 0 Å². The number of phosphoric ester groups is 1. The Morgan fingerprint density at radius 2 is 0.731 bits per heavy atom. The van der Waals surface area contributed by atoms with Crippen LogP contribution in [0.15, 0.2) is 60.8 Å². The Balaban J connectivity index is 4.01. The standard InChI is InChI=1S/C68H126NO8P/c1-6-8-10-12-14-16-18-20-22-24-26-28-29-30-31-32-33-34-35-36-37-38-39-41-42-44-46-48-50-52-54-56-58-60-67(70)74-64-66(65-76-78(72,73)75-63-62-69(3,4)5)77-68(71)61-59-57-55-53-51-49-47-45-43-40-27-25-23-21-19-17-15-13-11-9-7-2/h9,11,15,17,21,23-24,26-27,40,66H,6-8,10,12-14,16,18-20,22,25,28-39,41-65H2,1-5H3/b11-9-,17-15-,23-21-,26-24-,40-27-. The van der Waals surface area contributed by atoms with Gasteiger partial charge < -0.3 is 27.9 Å². The number of ether oxygens (including phenoxy) is 2. The van der Waals surface area contributed by atoms with Gasteiger partial charge in [0.25, 0.3) is 7.82 Å². The second-order valence-corrected chi connectivity index (χ2v) is 24.9. The van der Waals surface area contributed by atoms with Crippen molar-refractivity contribution in [3.05, 3.63) is 60.8 Å². The minimum Gasteiger partial charge on any atom is -0.756 e. The van der Waals surface area contributed by atoms with Crippen LogP contribution < -0.4 is 4.89 Å². The number of hydrogen-bond acceptors (Lipinski definition) is 8. The van der Waals surface area contributed by atoms with E-state index in [2.05, 4.69) is 74.6 Å². The van der Waals surface area contributed by atoms with E-state index in [0.29, 0.717) is 17.4 Å². The molecule has 0 saturated heterocycles. The maximum Gasteiger partial charge on any atom is 0.306 e. The average molecular weight is 1120 g/mol. The SMILES string of the molecule is CC/C=C\C/C=C\C/C=C\C/C=C\CCCCCCCCCCC(=O)OC(COC(=O)CCCCCCCCCCCCCCCCCCCCCCC/C=C\CCCCCCCCCC)COP(=O)([O-])OCC[N+](C)(C)C. The number of esters is 2. The van der Waals surface area contributed by atoms with Crippen molar-refractivity contribution in [2.75, 3.05) is 47.5 Å². The van der Waals surface area contributed by atoms with Crippen molar-refractivity contribution >= 4 is 19.8 Å². The summed E-state index contributed by atoms with van der Waals surface area (Å²) in [7, 11) is 1.17. The number of carbonyl (C=O) groups excluding carboxylic acids is 2. The molecule has 456 valence electrons. The lowest BCUT2D eigenvalue weighted by atomic mass is 10.0. The zero-order valence-corrected chi connectivity index (χ0v) is 52.8. The number of phosphoric acid groups is 1. The van der Waals surface area contributed by atoms with Gasteiger partial charge in [-0.25, -0.2) is 0 Å². The Labute approximate surface area is 483 Å². The summed E-state index contributed by atoms with van der Waals surface area (Å²) in [5, 5.41) is 0. The summed E-state index contributed by atoms with van der Waals surface area (Å²) in [5.41, 5.74) is 0. The van der Waals surface area contributed by atoms with Crippen molar-refractivity contribution in [2.24, 2.45) is 0 Å². The molecule has 0 aliphatic rings. The van der Waals surface area contributed by atoms with E-state index in [4.69, 9.17) is 18.5 Å². The van der Waals surface area contributed by atoms with E-state index in [1.165, 1.54) is 205 Å². The van der Waals surface area contributed by atoms with Crippen molar-refractivity contribution in [1.82, 2.24) is 0 Å². The number of allylic oxidation sites excluding steroid dienone is 10. The van der Waals surface area contributed by atoms with Gasteiger partial charge in [0.15, 0.2) is 6.10 Å². The topological polar surface area (TPSA) is 111 Å². The fourth-order valence-electron chi connectivity index (χ4n) is 9.47. The summed E-state index contributed by atoms with van der Waals surface area (Å²) in [6, 6.07) is 0. The first-order valence-electron chi connectivity index (χ1n) is 33.0. The summed E-state index contributed by atoms with van der Waals surface area (Å²) in [5.74, 6) is -0.832. The lowest BCUT2D eigenvalue weighted by Crippen LogP contribution is -2.37. The van der Waals surface area contributed by atoms with E-state index in [0.717, 1.165) is 70.6 Å². The quantitative estimate of drug-likeness (QED) is 0.0195. The number of carbonyl (C=O) groups is 2. The van der Waals surface area contributed by atoms with Crippen LogP contribution in [0.4, 0.5) is 0 Å². The van der Waals surface area contributed by atoms with Crippen molar-refractivity contribution in [1.29, 1.82) is 0 Å². The summed E-state index contributed by atoms with van der Waals surface area (Å²) < 4.78 is 34.2. The van der Waals surface area contributed by atoms with Crippen LogP contribution >= 0.6 is 7.82 Å². The number of nitrogens with zero attached hydrogens (tertiary/aromatic N) is 1. The first-order valence-corrected chi connectivity index (χ1v) is 34.5. The predicted octanol–water partition coefficient (Wildman–Crippen LogP) is 20.4. The number of likely N-dealkylation sites (N-methyl/N-ethyl adjacent to an activating group) is 1. The minimum absolute atomic E-state index is 0.0331. The average Bonchev–Trinajstić information content (AvgIpc) is 3.41. The molecule has 0 spiro atoms. The molecule has 2 atom stereocenters. The highest BCUT2D eigenvalue weighted by Crippen LogP contribution is 2.38. The summed E-state index contributed by atoms with van der Waals surface area (Å²) >= 11 is 0. The molecule has 9 nitrogen and oxygen atoms in total. The summed E-state index contributed by atoms with van der Waals surface area (Å²) in [6.07, 6.45) is 77.3. The largest absolute Gasteiger partial charge is 0.756 e. The zero-order valence-electron chi connectivity index (χ0n) is 51.9. The van der Waals surface area contributed by atoms with Crippen molar-refractivity contribution in [2.45, 2.75) is 315 Å². The zero-order chi connectivity index (χ0) is 57.0. The molecule has 0 aliphatic heterocycles. The Bertz CT molecular complexity index is 1500. The van der Waals surface area contributed by atoms with Gasteiger partial charge in [-0.3, -0.25) is 14.2 Å². The molecule has 0 aromatic carbocycles. The van der Waals surface area contributed by atoms with Gasteiger partial charge in [-0.2, -0.15) is 0 Å². The van der Waals surface area contributed by atoms with Gasteiger partial charge in [0, 0.05) is 12.8 Å². The van der Waals surface area contributed by atoms with E-state index < -0.39 is 26.5 Å². The highest BCUT2D eigenvalue weighted by Gasteiger charge is 2.22. The van der Waals surface area contributed by atoms with Crippen LogP contribution in [-0.4, -0.2) is 70.0 Å². The van der Waals surface area contributed by atoms with Crippen molar-refractivity contribution < 1.29 is 42.1 Å². The Kier molecular flexibility index (Phi) is 57.6. The summed E-state index contributed by atoms with van der Waals surface area (Å²) in [4.78, 5) is 38.0. The highest BCUT2D eigenvalue weighted by atomic mass is 31.2. The lowest BCUT2D eigenvalue weighted by Gasteiger charge is -2.28. The van der Waals surface area contributed by atoms with Crippen LogP contribution in [0.25, 0.3) is 0 Å². The van der Waals surface area contributed by atoms with Crippen molar-refractivity contribution in [3.8, 4) is 0 Å². The van der Waals surface area contributed by atoms with Crippen LogP contribution in [0.5, 0.6) is 0 Å². The number of quaternary nitrogens is 1. The second kappa shape index (κ2) is 59.3. The fraction of sp³-hybridized carbons (Fsp3) is 0.824. The molecule has 10 heteroatoms. The molecule has 0 heterocycles. The molecule has 0 bridgehead atoms. The van der Waals surface area contributed by atoms with Gasteiger partial charge in [0.1, 0.15) is 19.8 Å². The lowest BCUT2D eigenvalue weighted by molar-refractivity contribution is -0.870. The third kappa shape index (κ3) is 62.9. The molecule has 0 radical (unpaired) electrons. The van der Waals surface area contributed by atoms with Crippen LogP contribution in [0.2, 0.25) is 0 Å². The number of rotatable bonds is 61. The fourth-order valence-corrected chi connectivity index (χ4v) is 10.2. The van der Waals surface area contributed by atoms with E-state index in [-0.39, 0.29) is 32.0 Å². The molecule has 0 N–H and O–H groups in total. The molecule has 78 heavy (non-hydrogen) atoms. The maximum atomic E-state index is 12.8. The van der Waals surface area contributed by atoms with E-state index in [9.17, 15) is 19.0 Å². The van der Waals surface area contributed by atoms with Gasteiger partial charge in [-0.1, -0.05) is 280 Å². The molecular weight excluding hydrogens is 990 g/mol. The smallest absolute Gasteiger partial charge is 0.306 e. The normalized spacial score (nSPS) is 13.6. The molecule has 0 aliphatic carbocycles. The molecule has 2 unspecified atom stereocenters. The van der Waals surface area contributed by atoms with E-state index in [1.54, 1.807) is 0 Å². The first-order chi connectivity index (χ1) is 38.0. The monoisotopic (exact) mass is 1120 g/mol. The van der Waals surface area contributed by atoms with Crippen LogP contribution in [-0.2, 0) is 32.7 Å². The van der Waals surface area contributed by atoms with Gasteiger partial charge in [0.05, 0.1) is 27.7 Å². The molecule has 0 fully saturated rings. The first kappa shape index (κ1) is 75.7. The highest BCUT2D eigenvalue weighted by molar-refractivity contribution is 7.45. The Hall–Kier alpha value is -2.29. The third-order valence-electron chi connectivity index (χ3n) is 14.5. The molecule has 0 aromatic heterocycles. The van der Waals surface area contributed by atoms with Gasteiger partial charge >= 0.3 is 11.9 Å².